The summed E-state index contributed by atoms with van der Waals surface area (Å²) in [6.45, 7) is 3.50. The molecule has 2 aromatic carbocycles. The van der Waals surface area contributed by atoms with Gasteiger partial charge >= 0.3 is 0 Å². The Morgan fingerprint density at radius 2 is 1.79 bits per heavy atom. The van der Waals surface area contributed by atoms with E-state index in [0.29, 0.717) is 32.3 Å². The average molecular weight is 384 g/mol. The first kappa shape index (κ1) is 19.8. The maximum absolute atomic E-state index is 5.74. The first-order valence-electron chi connectivity index (χ1n) is 9.47. The van der Waals surface area contributed by atoms with Crippen LogP contribution in [0.4, 0.5) is 11.4 Å². The third kappa shape index (κ3) is 5.79. The molecule has 7 nitrogen and oxygen atoms in total. The monoisotopic (exact) mass is 384 g/mol. The van der Waals surface area contributed by atoms with Gasteiger partial charge in [-0.25, -0.2) is 0 Å². The minimum Gasteiger partial charge on any atom is -0.490 e. The summed E-state index contributed by atoms with van der Waals surface area (Å²) in [5.41, 5.74) is 3.14. The van der Waals surface area contributed by atoms with E-state index in [1.54, 1.807) is 14.2 Å². The Bertz CT molecular complexity index is 778. The lowest BCUT2D eigenvalue weighted by Gasteiger charge is -2.14. The zero-order valence-corrected chi connectivity index (χ0v) is 16.5. The van der Waals surface area contributed by atoms with Crippen molar-refractivity contribution in [3.63, 3.8) is 0 Å². The Hall–Kier alpha value is -2.93. The molecule has 0 saturated heterocycles. The number of hydrogen-bond acceptors (Lipinski definition) is 5. The molecule has 0 atom stereocenters. The van der Waals surface area contributed by atoms with Crippen molar-refractivity contribution in [3.8, 4) is 11.5 Å². The Balaban J connectivity index is 1.53. The number of fused-ring (bicyclic) bond motifs is 1. The van der Waals surface area contributed by atoms with E-state index in [0.717, 1.165) is 35.8 Å². The summed E-state index contributed by atoms with van der Waals surface area (Å²) < 4.78 is 16.5. The lowest BCUT2D eigenvalue weighted by molar-refractivity contribution is 0.211. The number of ether oxygens (including phenoxy) is 3. The minimum atomic E-state index is 0.666. The number of rotatable bonds is 7. The summed E-state index contributed by atoms with van der Waals surface area (Å²) in [7, 11) is 3.45. The molecule has 1 aliphatic heterocycles. The van der Waals surface area contributed by atoms with Crippen LogP contribution in [0.3, 0.4) is 0 Å². The van der Waals surface area contributed by atoms with Crippen molar-refractivity contribution in [1.82, 2.24) is 5.32 Å². The number of methoxy groups -OCH3 is 1. The van der Waals surface area contributed by atoms with Crippen LogP contribution < -0.4 is 25.4 Å². The molecule has 0 fully saturated rings. The number of benzene rings is 2. The molecule has 28 heavy (non-hydrogen) atoms. The van der Waals surface area contributed by atoms with Gasteiger partial charge in [0.05, 0.1) is 19.8 Å². The second-order valence-electron chi connectivity index (χ2n) is 6.38. The summed E-state index contributed by atoms with van der Waals surface area (Å²) in [6.07, 6.45) is 0.890. The molecule has 7 heteroatoms. The SMILES string of the molecule is CN=C(NCc1ccc(NCCOC)cc1)Nc1ccc2c(c1)OCCCO2. The summed E-state index contributed by atoms with van der Waals surface area (Å²) in [5.74, 6) is 2.23. The molecule has 0 bridgehead atoms. The van der Waals surface area contributed by atoms with E-state index in [2.05, 4.69) is 45.2 Å². The van der Waals surface area contributed by atoms with Crippen LogP contribution >= 0.6 is 0 Å². The normalized spacial score (nSPS) is 13.6. The van der Waals surface area contributed by atoms with Crippen molar-refractivity contribution in [3.05, 3.63) is 48.0 Å². The van der Waals surface area contributed by atoms with Crippen LogP contribution in [0.1, 0.15) is 12.0 Å². The van der Waals surface area contributed by atoms with Gasteiger partial charge in [-0.1, -0.05) is 12.1 Å². The smallest absolute Gasteiger partial charge is 0.195 e. The maximum Gasteiger partial charge on any atom is 0.195 e. The van der Waals surface area contributed by atoms with Gasteiger partial charge in [0.25, 0.3) is 0 Å². The van der Waals surface area contributed by atoms with E-state index in [4.69, 9.17) is 14.2 Å². The van der Waals surface area contributed by atoms with Gasteiger partial charge < -0.3 is 30.2 Å². The molecular formula is C21H28N4O3. The quantitative estimate of drug-likeness (QED) is 0.387. The lowest BCUT2D eigenvalue weighted by atomic mass is 10.2. The molecular weight excluding hydrogens is 356 g/mol. The molecule has 0 radical (unpaired) electrons. The van der Waals surface area contributed by atoms with Gasteiger partial charge in [-0.2, -0.15) is 0 Å². The first-order valence-corrected chi connectivity index (χ1v) is 9.47. The molecule has 3 rings (SSSR count). The number of guanidine groups is 1. The Kier molecular flexibility index (Phi) is 7.37. The van der Waals surface area contributed by atoms with E-state index in [9.17, 15) is 0 Å². The van der Waals surface area contributed by atoms with Gasteiger partial charge in [0.1, 0.15) is 0 Å². The molecule has 0 spiro atoms. The van der Waals surface area contributed by atoms with Crippen LogP contribution in [0.2, 0.25) is 0 Å². The largest absolute Gasteiger partial charge is 0.490 e. The van der Waals surface area contributed by atoms with E-state index >= 15 is 0 Å². The van der Waals surface area contributed by atoms with Crippen molar-refractivity contribution in [2.24, 2.45) is 4.99 Å². The molecule has 3 N–H and O–H groups in total. The topological polar surface area (TPSA) is 76.1 Å². The van der Waals surface area contributed by atoms with Gasteiger partial charge in [0, 0.05) is 51.1 Å². The number of hydrogen-bond donors (Lipinski definition) is 3. The molecule has 2 aromatic rings. The van der Waals surface area contributed by atoms with Crippen LogP contribution in [0.15, 0.2) is 47.5 Å². The highest BCUT2D eigenvalue weighted by molar-refractivity contribution is 5.93. The van der Waals surface area contributed by atoms with Crippen LogP contribution in [0.5, 0.6) is 11.5 Å². The summed E-state index contributed by atoms with van der Waals surface area (Å²) in [6, 6.07) is 14.1. The molecule has 1 aliphatic rings. The van der Waals surface area contributed by atoms with Crippen molar-refractivity contribution in [2.45, 2.75) is 13.0 Å². The molecule has 0 aliphatic carbocycles. The number of nitrogens with one attached hydrogen (secondary N) is 3. The van der Waals surface area contributed by atoms with Gasteiger partial charge in [0.15, 0.2) is 17.5 Å². The first-order chi connectivity index (χ1) is 13.8. The van der Waals surface area contributed by atoms with Crippen molar-refractivity contribution >= 4 is 17.3 Å². The summed E-state index contributed by atoms with van der Waals surface area (Å²) >= 11 is 0. The van der Waals surface area contributed by atoms with Crippen LogP contribution in [0.25, 0.3) is 0 Å². The summed E-state index contributed by atoms with van der Waals surface area (Å²) in [4.78, 5) is 4.29. The standard InChI is InChI=1S/C21H28N4O3/c1-22-21(24-15-16-4-6-17(7-5-16)23-10-13-26-2)25-18-8-9-19-20(14-18)28-12-3-11-27-19/h4-9,14,23H,3,10-13,15H2,1-2H3,(H2,22,24,25). The highest BCUT2D eigenvalue weighted by atomic mass is 16.5. The molecule has 0 amide bonds. The van der Waals surface area contributed by atoms with E-state index in [1.165, 1.54) is 5.56 Å². The predicted octanol–water partition coefficient (Wildman–Crippen LogP) is 3.09. The Morgan fingerprint density at radius 3 is 2.54 bits per heavy atom. The Labute approximate surface area is 166 Å². The fourth-order valence-electron chi connectivity index (χ4n) is 2.78. The van der Waals surface area contributed by atoms with Gasteiger partial charge in [-0.3, -0.25) is 4.99 Å². The second-order valence-corrected chi connectivity index (χ2v) is 6.38. The van der Waals surface area contributed by atoms with E-state index < -0.39 is 0 Å². The Morgan fingerprint density at radius 1 is 1.04 bits per heavy atom. The highest BCUT2D eigenvalue weighted by Gasteiger charge is 2.11. The van der Waals surface area contributed by atoms with E-state index in [-0.39, 0.29) is 0 Å². The number of anilines is 2. The van der Waals surface area contributed by atoms with Crippen LogP contribution in [0, 0.1) is 0 Å². The fraction of sp³-hybridized carbons (Fsp3) is 0.381. The zero-order valence-electron chi connectivity index (χ0n) is 16.5. The van der Waals surface area contributed by atoms with Gasteiger partial charge in [-0.05, 0) is 29.8 Å². The maximum atomic E-state index is 5.74. The van der Waals surface area contributed by atoms with Crippen LogP contribution in [-0.4, -0.2) is 46.5 Å². The summed E-state index contributed by atoms with van der Waals surface area (Å²) in [5, 5.41) is 9.92. The number of aliphatic imine (C=N–C) groups is 1. The molecule has 0 unspecified atom stereocenters. The van der Waals surface area contributed by atoms with Crippen LogP contribution in [-0.2, 0) is 11.3 Å². The molecule has 0 aromatic heterocycles. The number of nitrogens with zero attached hydrogens (tertiary/aromatic N) is 1. The highest BCUT2D eigenvalue weighted by Crippen LogP contribution is 2.32. The lowest BCUT2D eigenvalue weighted by Crippen LogP contribution is -2.30. The van der Waals surface area contributed by atoms with Crippen molar-refractivity contribution < 1.29 is 14.2 Å². The van der Waals surface area contributed by atoms with E-state index in [1.807, 2.05) is 18.2 Å². The average Bonchev–Trinajstić information content (AvgIpc) is 2.97. The zero-order chi connectivity index (χ0) is 19.6. The van der Waals surface area contributed by atoms with Crippen molar-refractivity contribution in [1.29, 1.82) is 0 Å². The van der Waals surface area contributed by atoms with Gasteiger partial charge in [-0.15, -0.1) is 0 Å². The second kappa shape index (κ2) is 10.4. The predicted molar refractivity (Wildman–Crippen MR) is 113 cm³/mol. The molecule has 150 valence electrons. The molecule has 1 heterocycles. The molecule has 0 saturated carbocycles. The fourth-order valence-corrected chi connectivity index (χ4v) is 2.78. The van der Waals surface area contributed by atoms with Crippen molar-refractivity contribution in [2.75, 3.05) is 51.2 Å². The third-order valence-electron chi connectivity index (χ3n) is 4.28. The third-order valence-corrected chi connectivity index (χ3v) is 4.28. The minimum absolute atomic E-state index is 0.666. The van der Waals surface area contributed by atoms with Gasteiger partial charge in [0.2, 0.25) is 0 Å².